The highest BCUT2D eigenvalue weighted by molar-refractivity contribution is 5.97. The molecule has 1 heterocycles. The molecule has 1 aromatic heterocycles. The number of amides is 2. The highest BCUT2D eigenvalue weighted by Gasteiger charge is 2.15. The third-order valence-corrected chi connectivity index (χ3v) is 4.05. The normalized spacial score (nSPS) is 11.9. The lowest BCUT2D eigenvalue weighted by Crippen LogP contribution is -2.38. The zero-order valence-electron chi connectivity index (χ0n) is 14.2. The zero-order chi connectivity index (χ0) is 17.8. The number of benzene rings is 2. The third-order valence-electron chi connectivity index (χ3n) is 4.05. The number of aryl methyl sites for hydroxylation is 1. The Morgan fingerprint density at radius 3 is 2.56 bits per heavy atom. The molecule has 2 N–H and O–H groups in total. The number of hydrogen-bond donors (Lipinski definition) is 2. The van der Waals surface area contributed by atoms with E-state index in [1.165, 1.54) is 0 Å². The maximum Gasteiger partial charge on any atom is 0.251 e. The fourth-order valence-corrected chi connectivity index (χ4v) is 2.66. The molecule has 0 radical (unpaired) electrons. The average Bonchev–Trinajstić information content (AvgIpc) is 3.04. The van der Waals surface area contributed by atoms with Gasteiger partial charge in [0.15, 0.2) is 0 Å². The second kappa shape index (κ2) is 7.21. The molecular formula is C20H20N2O3. The maximum atomic E-state index is 12.1. The van der Waals surface area contributed by atoms with Gasteiger partial charge in [0.25, 0.3) is 5.91 Å². The second-order valence-corrected chi connectivity index (χ2v) is 5.97. The Labute approximate surface area is 146 Å². The number of hydrogen-bond acceptors (Lipinski definition) is 3. The number of fused-ring (bicyclic) bond motifs is 1. The van der Waals surface area contributed by atoms with Crippen molar-refractivity contribution in [1.29, 1.82) is 0 Å². The quantitative estimate of drug-likeness (QED) is 0.750. The lowest BCUT2D eigenvalue weighted by atomic mass is 10.1. The Kier molecular flexibility index (Phi) is 4.84. The predicted octanol–water partition coefficient (Wildman–Crippen LogP) is 3.35. The second-order valence-electron chi connectivity index (χ2n) is 5.97. The molecule has 5 nitrogen and oxygen atoms in total. The molecule has 3 rings (SSSR count). The summed E-state index contributed by atoms with van der Waals surface area (Å²) in [7, 11) is 0. The number of furan rings is 1. The van der Waals surface area contributed by atoms with Gasteiger partial charge in [0, 0.05) is 10.9 Å². The van der Waals surface area contributed by atoms with Crippen molar-refractivity contribution in [2.75, 3.05) is 6.54 Å². The SMILES string of the molecule is Cc1ccccc1C(=O)NCC(=O)NC(C)c1cc2ccccc2o1. The van der Waals surface area contributed by atoms with Crippen LogP contribution in [0.2, 0.25) is 0 Å². The molecule has 0 fully saturated rings. The van der Waals surface area contributed by atoms with Crippen LogP contribution in [0.1, 0.15) is 34.6 Å². The molecule has 1 unspecified atom stereocenters. The largest absolute Gasteiger partial charge is 0.459 e. The number of para-hydroxylation sites is 1. The van der Waals surface area contributed by atoms with Crippen molar-refractivity contribution in [3.8, 4) is 0 Å². The smallest absolute Gasteiger partial charge is 0.251 e. The van der Waals surface area contributed by atoms with Crippen molar-refractivity contribution in [3.63, 3.8) is 0 Å². The summed E-state index contributed by atoms with van der Waals surface area (Å²) in [6.07, 6.45) is 0. The molecule has 0 aliphatic carbocycles. The Morgan fingerprint density at radius 2 is 1.80 bits per heavy atom. The molecule has 0 saturated carbocycles. The summed E-state index contributed by atoms with van der Waals surface area (Å²) >= 11 is 0. The molecule has 0 aliphatic heterocycles. The van der Waals surface area contributed by atoms with Crippen LogP contribution in [0.3, 0.4) is 0 Å². The van der Waals surface area contributed by atoms with Crippen molar-refractivity contribution in [3.05, 3.63) is 71.5 Å². The molecule has 128 valence electrons. The van der Waals surface area contributed by atoms with Gasteiger partial charge < -0.3 is 15.1 Å². The highest BCUT2D eigenvalue weighted by atomic mass is 16.3. The van der Waals surface area contributed by atoms with Crippen molar-refractivity contribution < 1.29 is 14.0 Å². The first kappa shape index (κ1) is 16.8. The van der Waals surface area contributed by atoms with Gasteiger partial charge in [-0.05, 0) is 37.6 Å². The maximum absolute atomic E-state index is 12.1. The van der Waals surface area contributed by atoms with E-state index in [0.717, 1.165) is 16.5 Å². The summed E-state index contributed by atoms with van der Waals surface area (Å²) in [5, 5.41) is 6.46. The van der Waals surface area contributed by atoms with Gasteiger partial charge in [-0.25, -0.2) is 0 Å². The Morgan fingerprint density at radius 1 is 1.08 bits per heavy atom. The summed E-state index contributed by atoms with van der Waals surface area (Å²) in [4.78, 5) is 24.2. The molecule has 1 atom stereocenters. The van der Waals surface area contributed by atoms with E-state index in [1.807, 2.05) is 56.3 Å². The van der Waals surface area contributed by atoms with E-state index in [1.54, 1.807) is 12.1 Å². The minimum absolute atomic E-state index is 0.0856. The average molecular weight is 336 g/mol. The Bertz CT molecular complexity index is 881. The fraction of sp³-hybridized carbons (Fsp3) is 0.200. The number of carbonyl (C=O) groups excluding carboxylic acids is 2. The van der Waals surface area contributed by atoms with E-state index in [0.29, 0.717) is 11.3 Å². The van der Waals surface area contributed by atoms with Crippen molar-refractivity contribution in [2.24, 2.45) is 0 Å². The third kappa shape index (κ3) is 3.88. The van der Waals surface area contributed by atoms with E-state index in [2.05, 4.69) is 10.6 Å². The Balaban J connectivity index is 1.57. The molecule has 0 aliphatic rings. The molecule has 0 saturated heterocycles. The van der Waals surface area contributed by atoms with Crippen LogP contribution in [0, 0.1) is 6.92 Å². The van der Waals surface area contributed by atoms with E-state index < -0.39 is 0 Å². The molecule has 0 spiro atoms. The summed E-state index contributed by atoms with van der Waals surface area (Å²) in [5.41, 5.74) is 2.23. The van der Waals surface area contributed by atoms with Gasteiger partial charge in [0.2, 0.25) is 5.91 Å². The first-order valence-electron chi connectivity index (χ1n) is 8.16. The molecule has 2 aromatic carbocycles. The first-order chi connectivity index (χ1) is 12.0. The van der Waals surface area contributed by atoms with Crippen LogP contribution in [-0.4, -0.2) is 18.4 Å². The van der Waals surface area contributed by atoms with Gasteiger partial charge in [0.05, 0.1) is 12.6 Å². The van der Waals surface area contributed by atoms with Gasteiger partial charge in [-0.2, -0.15) is 0 Å². The van der Waals surface area contributed by atoms with Gasteiger partial charge >= 0.3 is 0 Å². The van der Waals surface area contributed by atoms with Crippen molar-refractivity contribution >= 4 is 22.8 Å². The van der Waals surface area contributed by atoms with E-state index in [9.17, 15) is 9.59 Å². The summed E-state index contributed by atoms with van der Waals surface area (Å²) in [5.74, 6) is 0.152. The van der Waals surface area contributed by atoms with Gasteiger partial charge in [-0.15, -0.1) is 0 Å². The highest BCUT2D eigenvalue weighted by Crippen LogP contribution is 2.23. The fourth-order valence-electron chi connectivity index (χ4n) is 2.66. The Hall–Kier alpha value is -3.08. The molecule has 2 amide bonds. The minimum Gasteiger partial charge on any atom is -0.459 e. The van der Waals surface area contributed by atoms with Crippen LogP contribution >= 0.6 is 0 Å². The first-order valence-corrected chi connectivity index (χ1v) is 8.16. The van der Waals surface area contributed by atoms with Crippen LogP contribution in [0.5, 0.6) is 0 Å². The lowest BCUT2D eigenvalue weighted by Gasteiger charge is -2.12. The van der Waals surface area contributed by atoms with Gasteiger partial charge in [0.1, 0.15) is 11.3 Å². The van der Waals surface area contributed by atoms with E-state index in [-0.39, 0.29) is 24.4 Å². The van der Waals surface area contributed by atoms with Crippen LogP contribution < -0.4 is 10.6 Å². The molecule has 0 bridgehead atoms. The predicted molar refractivity (Wildman–Crippen MR) is 96.3 cm³/mol. The summed E-state index contributed by atoms with van der Waals surface area (Å²) in [6.45, 7) is 3.62. The topological polar surface area (TPSA) is 71.3 Å². The van der Waals surface area contributed by atoms with Crippen LogP contribution in [0.15, 0.2) is 59.0 Å². The van der Waals surface area contributed by atoms with Gasteiger partial charge in [-0.3, -0.25) is 9.59 Å². The molecule has 3 aromatic rings. The van der Waals surface area contributed by atoms with Crippen LogP contribution in [0.25, 0.3) is 11.0 Å². The number of nitrogens with one attached hydrogen (secondary N) is 2. The molecule has 5 heteroatoms. The summed E-state index contributed by atoms with van der Waals surface area (Å²) in [6, 6.07) is 16.6. The molecule has 25 heavy (non-hydrogen) atoms. The van der Waals surface area contributed by atoms with E-state index >= 15 is 0 Å². The van der Waals surface area contributed by atoms with Gasteiger partial charge in [-0.1, -0.05) is 36.4 Å². The summed E-state index contributed by atoms with van der Waals surface area (Å²) < 4.78 is 5.74. The van der Waals surface area contributed by atoms with Crippen molar-refractivity contribution in [1.82, 2.24) is 10.6 Å². The standard InChI is InChI=1S/C20H20N2O3/c1-13-7-3-5-9-16(13)20(24)21-12-19(23)22-14(2)18-11-15-8-4-6-10-17(15)25-18/h3-11,14H,12H2,1-2H3,(H,21,24)(H,22,23). The monoisotopic (exact) mass is 336 g/mol. The van der Waals surface area contributed by atoms with E-state index in [4.69, 9.17) is 4.42 Å². The number of carbonyl (C=O) groups is 2. The molecular weight excluding hydrogens is 316 g/mol. The number of rotatable bonds is 5. The minimum atomic E-state index is -0.282. The zero-order valence-corrected chi connectivity index (χ0v) is 14.2. The van der Waals surface area contributed by atoms with Crippen molar-refractivity contribution in [2.45, 2.75) is 19.9 Å². The lowest BCUT2D eigenvalue weighted by molar-refractivity contribution is -0.120. The van der Waals surface area contributed by atoms with Crippen LogP contribution in [-0.2, 0) is 4.79 Å². The van der Waals surface area contributed by atoms with Crippen LogP contribution in [0.4, 0.5) is 0 Å².